The van der Waals surface area contributed by atoms with Gasteiger partial charge in [-0.2, -0.15) is 0 Å². The Balaban J connectivity index is 1.44. The lowest BCUT2D eigenvalue weighted by Gasteiger charge is -2.25. The van der Waals surface area contributed by atoms with Crippen molar-refractivity contribution in [1.82, 2.24) is 0 Å². The third kappa shape index (κ3) is 3.77. The molecule has 0 saturated heterocycles. The van der Waals surface area contributed by atoms with Crippen molar-refractivity contribution in [3.8, 4) is 11.1 Å². The van der Waals surface area contributed by atoms with Gasteiger partial charge < -0.3 is 0 Å². The molecule has 34 heavy (non-hydrogen) atoms. The van der Waals surface area contributed by atoms with Crippen LogP contribution in [0.3, 0.4) is 0 Å². The van der Waals surface area contributed by atoms with Gasteiger partial charge in [0.05, 0.1) is 12.3 Å². The van der Waals surface area contributed by atoms with Crippen LogP contribution in [-0.2, 0) is 0 Å². The Morgan fingerprint density at radius 2 is 1.82 bits per heavy atom. The van der Waals surface area contributed by atoms with E-state index in [-0.39, 0.29) is 0 Å². The molecule has 0 N–H and O–H groups in total. The van der Waals surface area contributed by atoms with Crippen LogP contribution in [0.2, 0.25) is 0 Å². The summed E-state index contributed by atoms with van der Waals surface area (Å²) in [5.41, 5.74) is 8.07. The summed E-state index contributed by atoms with van der Waals surface area (Å²) in [5, 5.41) is 2.32. The molecule has 0 bridgehead atoms. The molecule has 0 atom stereocenters. The second-order valence-electron chi connectivity index (χ2n) is 9.91. The molecule has 0 amide bonds. The summed E-state index contributed by atoms with van der Waals surface area (Å²) in [6.45, 7) is 6.49. The number of allylic oxidation sites excluding steroid dienone is 2. The molecule has 0 unspecified atom stereocenters. The molecular weight excluding hydrogens is 414 g/mol. The van der Waals surface area contributed by atoms with E-state index in [2.05, 4.69) is 92.7 Å². The van der Waals surface area contributed by atoms with E-state index in [0.717, 1.165) is 45.9 Å². The molecule has 2 aliphatic rings. The lowest BCUT2D eigenvalue weighted by atomic mass is 9.83. The van der Waals surface area contributed by atoms with Crippen LogP contribution in [0.1, 0.15) is 49.7 Å². The number of nitrogens with zero attached hydrogens (tertiary/aromatic N) is 1. The monoisotopic (exact) mass is 445 g/mol. The maximum absolute atomic E-state index is 6.51. The van der Waals surface area contributed by atoms with E-state index in [1.54, 1.807) is 0 Å². The summed E-state index contributed by atoms with van der Waals surface area (Å²) in [4.78, 5) is 0. The first-order valence-corrected chi connectivity index (χ1v) is 12.5. The fraction of sp³-hybridized carbons (Fsp3) is 0.250. The van der Waals surface area contributed by atoms with E-state index in [9.17, 15) is 0 Å². The lowest BCUT2D eigenvalue weighted by Crippen LogP contribution is -2.17. The highest BCUT2D eigenvalue weighted by atomic mass is 16.3. The van der Waals surface area contributed by atoms with Gasteiger partial charge in [-0.3, -0.25) is 8.99 Å². The number of benzene rings is 3. The van der Waals surface area contributed by atoms with Crippen molar-refractivity contribution >= 4 is 28.7 Å². The number of fused-ring (bicyclic) bond motifs is 3. The van der Waals surface area contributed by atoms with E-state index >= 15 is 0 Å². The minimum absolute atomic E-state index is 0.807. The molecule has 4 aromatic rings. The molecular formula is C32H31NO. The normalized spacial score (nSPS) is 17.0. The first-order valence-electron chi connectivity index (χ1n) is 12.5. The van der Waals surface area contributed by atoms with Crippen molar-refractivity contribution in [2.24, 2.45) is 5.92 Å². The van der Waals surface area contributed by atoms with Gasteiger partial charge in [0.15, 0.2) is 6.04 Å². The summed E-state index contributed by atoms with van der Waals surface area (Å²) >= 11 is 0. The Bertz CT molecular complexity index is 1430. The van der Waals surface area contributed by atoms with Crippen LogP contribution in [0.5, 0.6) is 0 Å². The highest BCUT2D eigenvalue weighted by Crippen LogP contribution is 2.40. The largest absolute Gasteiger partial charge is 0.286 e. The number of hydrogen-bond donors (Lipinski definition) is 0. The fourth-order valence-electron chi connectivity index (χ4n) is 5.71. The highest BCUT2D eigenvalue weighted by Gasteiger charge is 2.27. The van der Waals surface area contributed by atoms with E-state index in [1.165, 1.54) is 54.4 Å². The maximum Gasteiger partial charge on any atom is 0.278 e. The van der Waals surface area contributed by atoms with Gasteiger partial charge in [0.2, 0.25) is 0 Å². The first-order chi connectivity index (χ1) is 16.7. The van der Waals surface area contributed by atoms with Crippen molar-refractivity contribution in [3.63, 3.8) is 0 Å². The van der Waals surface area contributed by atoms with Gasteiger partial charge >= 0.3 is 0 Å². The minimum atomic E-state index is 0.807. The van der Waals surface area contributed by atoms with Crippen LogP contribution in [0, 0.1) is 18.9 Å². The predicted molar refractivity (Wildman–Crippen MR) is 142 cm³/mol. The highest BCUT2D eigenvalue weighted by molar-refractivity contribution is 6.08. The van der Waals surface area contributed by atoms with Crippen LogP contribution >= 0.6 is 0 Å². The van der Waals surface area contributed by atoms with Crippen molar-refractivity contribution in [3.05, 3.63) is 102 Å². The molecule has 3 aromatic carbocycles. The smallest absolute Gasteiger partial charge is 0.278 e. The average Bonchev–Trinajstić information content (AvgIpc) is 3.24. The maximum atomic E-state index is 6.51. The number of rotatable bonds is 4. The Kier molecular flexibility index (Phi) is 5.37. The Labute approximate surface area is 201 Å². The first kappa shape index (κ1) is 21.0. The fourth-order valence-corrected chi connectivity index (χ4v) is 5.71. The molecule has 1 saturated carbocycles. The number of hydrogen-bond acceptors (Lipinski definition) is 0. The van der Waals surface area contributed by atoms with Gasteiger partial charge in [-0.25, -0.2) is 0 Å². The van der Waals surface area contributed by atoms with Gasteiger partial charge in [-0.1, -0.05) is 104 Å². The zero-order chi connectivity index (χ0) is 23.1. The molecule has 1 fully saturated rings. The Morgan fingerprint density at radius 1 is 1.00 bits per heavy atom. The quantitative estimate of drug-likeness (QED) is 0.174. The molecule has 0 spiro atoms. The molecule has 0 radical (unpaired) electrons. The van der Waals surface area contributed by atoms with Crippen molar-refractivity contribution in [1.29, 1.82) is 0 Å². The van der Waals surface area contributed by atoms with Crippen LogP contribution in [0.25, 0.3) is 33.1 Å². The number of aryl methyl sites for hydroxylation is 1. The van der Waals surface area contributed by atoms with Gasteiger partial charge in [-0.05, 0) is 40.8 Å². The lowest BCUT2D eigenvalue weighted by molar-refractivity contribution is -0.418. The van der Waals surface area contributed by atoms with Crippen molar-refractivity contribution in [2.75, 3.05) is 0 Å². The van der Waals surface area contributed by atoms with E-state index in [4.69, 9.17) is 4.42 Å². The summed E-state index contributed by atoms with van der Waals surface area (Å²) < 4.78 is 8.51. The third-order valence-electron chi connectivity index (χ3n) is 7.56. The Morgan fingerprint density at radius 3 is 2.65 bits per heavy atom. The molecule has 2 heterocycles. The van der Waals surface area contributed by atoms with Gasteiger partial charge in [-0.15, -0.1) is 12.1 Å². The standard InChI is InChI=1S/C32H31NO/c1-22-13-15-27-28-21-26(25-11-7-4-8-12-25)14-16-30(28)34-32(27)31(22)29-20-24(17-18-33(29)2)19-23-9-5-3-6-10-23/h4,7-8,11-18,20-21,23H,2-3,5-6,9-10,19H2,1H3. The second kappa shape index (κ2) is 8.68. The molecule has 2 heteroatoms. The van der Waals surface area contributed by atoms with Crippen LogP contribution in [0.4, 0.5) is 0 Å². The van der Waals surface area contributed by atoms with Crippen LogP contribution in [-0.4, -0.2) is 11.3 Å². The zero-order valence-electron chi connectivity index (χ0n) is 19.9. The topological polar surface area (TPSA) is 14.3 Å². The van der Waals surface area contributed by atoms with Crippen LogP contribution < -0.4 is 0 Å². The van der Waals surface area contributed by atoms with Gasteiger partial charge in [0.1, 0.15) is 6.20 Å². The second-order valence-corrected chi connectivity index (χ2v) is 9.91. The summed E-state index contributed by atoms with van der Waals surface area (Å²) in [6.07, 6.45) is 14.7. The van der Waals surface area contributed by atoms with Gasteiger partial charge in [0.25, 0.3) is 11.2 Å². The summed E-state index contributed by atoms with van der Waals surface area (Å²) in [6, 6.07) is 22.6. The summed E-state index contributed by atoms with van der Waals surface area (Å²) in [7, 11) is 0. The number of furan rings is 1. The van der Waals surface area contributed by atoms with E-state index in [1.807, 2.05) is 4.58 Å². The predicted octanol–water partition coefficient (Wildman–Crippen LogP) is 8.58. The molecule has 170 valence electrons. The minimum Gasteiger partial charge on any atom is -0.286 e. The molecule has 1 aliphatic carbocycles. The average molecular weight is 446 g/mol. The van der Waals surface area contributed by atoms with Crippen molar-refractivity contribution < 1.29 is 8.99 Å². The molecule has 1 aliphatic heterocycles. The molecule has 6 rings (SSSR count). The van der Waals surface area contributed by atoms with Gasteiger partial charge in [0, 0.05) is 0 Å². The van der Waals surface area contributed by atoms with E-state index < -0.39 is 0 Å². The summed E-state index contributed by atoms with van der Waals surface area (Å²) in [5.74, 6) is 0.807. The van der Waals surface area contributed by atoms with Crippen molar-refractivity contribution in [2.45, 2.75) is 45.4 Å². The third-order valence-corrected chi connectivity index (χ3v) is 7.56. The van der Waals surface area contributed by atoms with E-state index in [0.29, 0.717) is 0 Å². The van der Waals surface area contributed by atoms with Crippen LogP contribution in [0.15, 0.2) is 89.0 Å². The molecule has 2 nitrogen and oxygen atoms in total. The SMILES string of the molecule is C=[N+]1C=CC(CC2CCCCC2)=C[C-]1c1c(C)ccc2c1[o+][c-]1ccc(-c3ccccc3)cc21. The Hall–Kier alpha value is -3.52. The molecule has 1 aromatic heterocycles. The zero-order valence-corrected chi connectivity index (χ0v) is 19.9.